The summed E-state index contributed by atoms with van der Waals surface area (Å²) in [6.07, 6.45) is 4.35. The van der Waals surface area contributed by atoms with Gasteiger partial charge in [0.05, 0.1) is 24.3 Å². The number of nitrogens with one attached hydrogen (secondary N) is 1. The Balaban J connectivity index is 1.70. The predicted molar refractivity (Wildman–Crippen MR) is 95.5 cm³/mol. The van der Waals surface area contributed by atoms with E-state index in [0.29, 0.717) is 0 Å². The second kappa shape index (κ2) is 6.24. The van der Waals surface area contributed by atoms with Crippen molar-refractivity contribution in [2.24, 2.45) is 0 Å². The number of rotatable bonds is 3. The summed E-state index contributed by atoms with van der Waals surface area (Å²) in [5.41, 5.74) is 3.17. The quantitative estimate of drug-likeness (QED) is 0.752. The van der Waals surface area contributed by atoms with E-state index in [0.717, 1.165) is 22.2 Å². The Labute approximate surface area is 148 Å². The zero-order valence-corrected chi connectivity index (χ0v) is 14.5. The Morgan fingerprint density at radius 1 is 1.12 bits per heavy atom. The van der Waals surface area contributed by atoms with E-state index in [2.05, 4.69) is 38.4 Å². The molecule has 3 aromatic rings. The van der Waals surface area contributed by atoms with Gasteiger partial charge in [-0.1, -0.05) is 58.4 Å². The van der Waals surface area contributed by atoms with Crippen molar-refractivity contribution in [3.8, 4) is 0 Å². The number of carbonyl (C=O) groups excluding carboxylic acids is 1. The van der Waals surface area contributed by atoms with E-state index in [-0.39, 0.29) is 18.0 Å². The van der Waals surface area contributed by atoms with Gasteiger partial charge in [0.2, 0.25) is 5.91 Å². The van der Waals surface area contributed by atoms with Crippen LogP contribution in [0.25, 0.3) is 0 Å². The summed E-state index contributed by atoms with van der Waals surface area (Å²) >= 11 is 3.48. The van der Waals surface area contributed by atoms with Crippen LogP contribution >= 0.6 is 15.9 Å². The van der Waals surface area contributed by atoms with Crippen LogP contribution in [-0.4, -0.2) is 15.5 Å². The van der Waals surface area contributed by atoms with Crippen molar-refractivity contribution < 1.29 is 4.79 Å². The number of nitrogens with zero attached hydrogens (tertiary/aromatic N) is 2. The van der Waals surface area contributed by atoms with Crippen LogP contribution in [0.2, 0.25) is 0 Å². The maximum atomic E-state index is 12.8. The standard InChI is InChI=1S/C19H16BrN3O/c20-15-8-4-7-14(10-15)18-19(24)22-16(17-11-21-12-23(17)18)9-13-5-2-1-3-6-13/h1-8,10-12,16,18H,9H2,(H,22,24). The van der Waals surface area contributed by atoms with Crippen LogP contribution in [0, 0.1) is 0 Å². The third-order valence-electron chi connectivity index (χ3n) is 4.34. The average Bonchev–Trinajstić information content (AvgIpc) is 3.05. The molecule has 2 heterocycles. The summed E-state index contributed by atoms with van der Waals surface area (Å²) in [6, 6.07) is 17.6. The predicted octanol–water partition coefficient (Wildman–Crippen LogP) is 3.65. The number of hydrogen-bond donors (Lipinski definition) is 1. The van der Waals surface area contributed by atoms with E-state index < -0.39 is 0 Å². The molecular formula is C19H16BrN3O. The zero-order chi connectivity index (χ0) is 16.5. The van der Waals surface area contributed by atoms with Crippen LogP contribution in [0.3, 0.4) is 0 Å². The highest BCUT2D eigenvalue weighted by molar-refractivity contribution is 9.10. The molecule has 2 atom stereocenters. The third kappa shape index (κ3) is 2.76. The van der Waals surface area contributed by atoms with Gasteiger partial charge in [-0.25, -0.2) is 4.98 Å². The number of halogens is 1. The largest absolute Gasteiger partial charge is 0.345 e. The van der Waals surface area contributed by atoms with Gasteiger partial charge in [0.15, 0.2) is 0 Å². The van der Waals surface area contributed by atoms with Gasteiger partial charge in [-0.3, -0.25) is 4.79 Å². The molecule has 120 valence electrons. The number of imidazole rings is 1. The minimum absolute atomic E-state index is 0.000434. The molecule has 2 unspecified atom stereocenters. The van der Waals surface area contributed by atoms with Gasteiger partial charge in [-0.05, 0) is 29.7 Å². The zero-order valence-electron chi connectivity index (χ0n) is 12.9. The van der Waals surface area contributed by atoms with Crippen molar-refractivity contribution in [1.82, 2.24) is 14.9 Å². The smallest absolute Gasteiger partial charge is 0.248 e. The van der Waals surface area contributed by atoms with Crippen molar-refractivity contribution in [1.29, 1.82) is 0 Å². The van der Waals surface area contributed by atoms with Gasteiger partial charge in [0, 0.05) is 4.47 Å². The molecule has 0 aliphatic carbocycles. The molecule has 0 spiro atoms. The Bertz CT molecular complexity index is 875. The summed E-state index contributed by atoms with van der Waals surface area (Å²) in [4.78, 5) is 17.1. The lowest BCUT2D eigenvalue weighted by Crippen LogP contribution is -2.43. The highest BCUT2D eigenvalue weighted by Gasteiger charge is 2.34. The molecule has 0 fully saturated rings. The van der Waals surface area contributed by atoms with E-state index in [9.17, 15) is 4.79 Å². The fourth-order valence-corrected chi connectivity index (χ4v) is 3.66. The third-order valence-corrected chi connectivity index (χ3v) is 4.84. The molecule has 24 heavy (non-hydrogen) atoms. The summed E-state index contributed by atoms with van der Waals surface area (Å²) in [7, 11) is 0. The molecule has 4 rings (SSSR count). The fourth-order valence-electron chi connectivity index (χ4n) is 3.25. The summed E-state index contributed by atoms with van der Waals surface area (Å²) in [5, 5.41) is 3.16. The Hall–Kier alpha value is -2.40. The molecule has 1 amide bonds. The first-order valence-corrected chi connectivity index (χ1v) is 8.63. The first-order chi connectivity index (χ1) is 11.7. The fraction of sp³-hybridized carbons (Fsp3) is 0.158. The molecule has 0 bridgehead atoms. The minimum Gasteiger partial charge on any atom is -0.345 e. The van der Waals surface area contributed by atoms with E-state index in [4.69, 9.17) is 0 Å². The number of benzene rings is 2. The van der Waals surface area contributed by atoms with Gasteiger partial charge in [-0.15, -0.1) is 0 Å². The van der Waals surface area contributed by atoms with Gasteiger partial charge in [0.25, 0.3) is 0 Å². The van der Waals surface area contributed by atoms with Crippen molar-refractivity contribution >= 4 is 21.8 Å². The van der Waals surface area contributed by atoms with E-state index >= 15 is 0 Å². The second-order valence-electron chi connectivity index (χ2n) is 5.93. The topological polar surface area (TPSA) is 46.9 Å². The molecule has 0 saturated heterocycles. The van der Waals surface area contributed by atoms with Crippen molar-refractivity contribution in [3.05, 3.63) is 88.4 Å². The summed E-state index contributed by atoms with van der Waals surface area (Å²) in [6.45, 7) is 0. The van der Waals surface area contributed by atoms with Gasteiger partial charge in [0.1, 0.15) is 6.04 Å². The Morgan fingerprint density at radius 3 is 2.75 bits per heavy atom. The van der Waals surface area contributed by atoms with Crippen LogP contribution in [-0.2, 0) is 11.2 Å². The lowest BCUT2D eigenvalue weighted by atomic mass is 9.97. The lowest BCUT2D eigenvalue weighted by Gasteiger charge is -2.32. The maximum Gasteiger partial charge on any atom is 0.248 e. The van der Waals surface area contributed by atoms with Crippen LogP contribution in [0.1, 0.15) is 28.9 Å². The maximum absolute atomic E-state index is 12.8. The molecule has 0 saturated carbocycles. The molecule has 1 N–H and O–H groups in total. The van der Waals surface area contributed by atoms with Crippen LogP contribution < -0.4 is 5.32 Å². The molecule has 4 nitrogen and oxygen atoms in total. The summed E-state index contributed by atoms with van der Waals surface area (Å²) < 4.78 is 2.94. The highest BCUT2D eigenvalue weighted by Crippen LogP contribution is 2.31. The van der Waals surface area contributed by atoms with Crippen LogP contribution in [0.5, 0.6) is 0 Å². The van der Waals surface area contributed by atoms with E-state index in [1.165, 1.54) is 5.56 Å². The Kier molecular flexibility index (Phi) is 3.94. The second-order valence-corrected chi connectivity index (χ2v) is 6.85. The number of aromatic nitrogens is 2. The van der Waals surface area contributed by atoms with Gasteiger partial charge >= 0.3 is 0 Å². The molecule has 0 radical (unpaired) electrons. The van der Waals surface area contributed by atoms with E-state index in [1.807, 2.05) is 53.2 Å². The first kappa shape index (κ1) is 15.1. The van der Waals surface area contributed by atoms with Crippen LogP contribution in [0.4, 0.5) is 0 Å². The van der Waals surface area contributed by atoms with Gasteiger partial charge < -0.3 is 9.88 Å². The number of carbonyl (C=O) groups is 1. The molecule has 5 heteroatoms. The SMILES string of the molecule is O=C1NC(Cc2ccccc2)c2cncn2C1c1cccc(Br)c1. The molecule has 2 aromatic carbocycles. The average molecular weight is 382 g/mol. The van der Waals surface area contributed by atoms with Crippen molar-refractivity contribution in [3.63, 3.8) is 0 Å². The lowest BCUT2D eigenvalue weighted by molar-refractivity contribution is -0.125. The van der Waals surface area contributed by atoms with Crippen molar-refractivity contribution in [2.75, 3.05) is 0 Å². The monoisotopic (exact) mass is 381 g/mol. The molecular weight excluding hydrogens is 366 g/mol. The number of hydrogen-bond acceptors (Lipinski definition) is 2. The minimum atomic E-state index is -0.382. The summed E-state index contributed by atoms with van der Waals surface area (Å²) in [5.74, 6) is -0.000434. The number of amides is 1. The van der Waals surface area contributed by atoms with Crippen molar-refractivity contribution in [2.45, 2.75) is 18.5 Å². The first-order valence-electron chi connectivity index (χ1n) is 7.84. The van der Waals surface area contributed by atoms with Gasteiger partial charge in [-0.2, -0.15) is 0 Å². The van der Waals surface area contributed by atoms with E-state index in [1.54, 1.807) is 6.33 Å². The molecule has 1 aliphatic rings. The normalized spacial score (nSPS) is 19.6. The molecule has 1 aromatic heterocycles. The molecule has 1 aliphatic heterocycles. The number of fused-ring (bicyclic) bond motifs is 1. The van der Waals surface area contributed by atoms with Crippen LogP contribution in [0.15, 0.2) is 71.6 Å². The highest BCUT2D eigenvalue weighted by atomic mass is 79.9. The Morgan fingerprint density at radius 2 is 1.96 bits per heavy atom.